The van der Waals surface area contributed by atoms with Crippen molar-refractivity contribution in [1.82, 2.24) is 20.9 Å². The number of para-hydroxylation sites is 1. The first-order valence-electron chi connectivity index (χ1n) is 14.1. The van der Waals surface area contributed by atoms with Crippen LogP contribution < -0.4 is 20.7 Å². The fraction of sp³-hybridized carbons (Fsp3) is 0.516. The third kappa shape index (κ3) is 10.0. The van der Waals surface area contributed by atoms with Crippen LogP contribution in [0.25, 0.3) is 0 Å². The number of hydrogen-bond donors (Lipinski definition) is 3. The van der Waals surface area contributed by atoms with Gasteiger partial charge in [0.25, 0.3) is 0 Å². The van der Waals surface area contributed by atoms with Crippen molar-refractivity contribution in [3.05, 3.63) is 65.2 Å². The molecule has 1 aliphatic heterocycles. The smallest absolute Gasteiger partial charge is 0.240 e. The van der Waals surface area contributed by atoms with Crippen molar-refractivity contribution in [2.24, 2.45) is 5.92 Å². The summed E-state index contributed by atoms with van der Waals surface area (Å²) in [4.78, 5) is 36.8. The molecule has 3 N–H and O–H groups in total. The van der Waals surface area contributed by atoms with Crippen LogP contribution in [0.5, 0.6) is 5.75 Å². The number of likely N-dealkylation sites (N-methyl/N-ethyl adjacent to an activating group) is 2. The lowest BCUT2D eigenvalue weighted by molar-refractivity contribution is -0.136. The van der Waals surface area contributed by atoms with Gasteiger partial charge in [-0.2, -0.15) is 0 Å². The van der Waals surface area contributed by atoms with Crippen molar-refractivity contribution in [1.29, 1.82) is 0 Å². The maximum absolute atomic E-state index is 13.0. The summed E-state index contributed by atoms with van der Waals surface area (Å²) in [6.07, 6.45) is 6.34. The van der Waals surface area contributed by atoms with Gasteiger partial charge in [0.05, 0.1) is 12.6 Å². The van der Waals surface area contributed by atoms with E-state index >= 15 is 0 Å². The van der Waals surface area contributed by atoms with Crippen LogP contribution in [0.15, 0.2) is 48.5 Å². The van der Waals surface area contributed by atoms with E-state index in [2.05, 4.69) is 53.2 Å². The van der Waals surface area contributed by atoms with Crippen LogP contribution in [0.1, 0.15) is 49.3 Å². The van der Waals surface area contributed by atoms with Gasteiger partial charge in [-0.25, -0.2) is 0 Å². The van der Waals surface area contributed by atoms with E-state index in [0.29, 0.717) is 25.6 Å². The van der Waals surface area contributed by atoms with Crippen molar-refractivity contribution < 1.29 is 19.1 Å². The molecule has 1 heterocycles. The molecule has 8 heteroatoms. The lowest BCUT2D eigenvalue weighted by Gasteiger charge is -2.30. The topological polar surface area (TPSA) is 99.8 Å². The largest absolute Gasteiger partial charge is 0.489 e. The molecule has 1 fully saturated rings. The third-order valence-electron chi connectivity index (χ3n) is 7.05. The zero-order valence-electron chi connectivity index (χ0n) is 23.6. The minimum absolute atomic E-state index is 0.000466. The summed E-state index contributed by atoms with van der Waals surface area (Å²) in [5.41, 5.74) is 3.71. The second kappa shape index (κ2) is 15.9. The lowest BCUT2D eigenvalue weighted by Crippen LogP contribution is -2.51. The Hall–Kier alpha value is -3.39. The van der Waals surface area contributed by atoms with Crippen LogP contribution in [-0.4, -0.2) is 68.5 Å². The Labute approximate surface area is 232 Å². The Bertz CT molecular complexity index is 1060. The first-order chi connectivity index (χ1) is 18.9. The molecule has 2 aromatic rings. The van der Waals surface area contributed by atoms with Gasteiger partial charge in [-0.15, -0.1) is 0 Å². The number of benzene rings is 2. The number of carbonyl (C=O) groups excluding carboxylic acids is 3. The van der Waals surface area contributed by atoms with Gasteiger partial charge < -0.3 is 25.6 Å². The second-order valence-electron chi connectivity index (χ2n) is 10.4. The molecule has 0 radical (unpaired) electrons. The Balaban J connectivity index is 0.000000520. The molecule has 2 aromatic carbocycles. The Morgan fingerprint density at radius 1 is 1.10 bits per heavy atom. The van der Waals surface area contributed by atoms with Crippen molar-refractivity contribution in [2.75, 3.05) is 33.2 Å². The Morgan fingerprint density at radius 2 is 1.87 bits per heavy atom. The van der Waals surface area contributed by atoms with E-state index in [0.717, 1.165) is 56.2 Å². The monoisotopic (exact) mass is 536 g/mol. The zero-order chi connectivity index (χ0) is 28.0. The molecule has 2 atom stereocenters. The predicted octanol–water partition coefficient (Wildman–Crippen LogP) is 3.02. The van der Waals surface area contributed by atoms with Gasteiger partial charge in [0, 0.05) is 26.7 Å². The molecule has 2 unspecified atom stereocenters. The number of amides is 3. The summed E-state index contributed by atoms with van der Waals surface area (Å²) in [6, 6.07) is 16.2. The van der Waals surface area contributed by atoms with Gasteiger partial charge in [-0.1, -0.05) is 54.1 Å². The van der Waals surface area contributed by atoms with E-state index < -0.39 is 0 Å². The highest BCUT2D eigenvalue weighted by atomic mass is 16.5. The molecule has 3 amide bonds. The number of rotatable bonds is 13. The van der Waals surface area contributed by atoms with E-state index in [9.17, 15) is 14.4 Å². The predicted molar refractivity (Wildman–Crippen MR) is 154 cm³/mol. The Kier molecular flexibility index (Phi) is 12.3. The number of aryl methyl sites for hydroxylation is 3. The SMILES string of the molecule is CCNC(=O)CN(C)C(=O)C(NCC1CCc2cccc(CCCNC=O)c2O1)C1CC1.Cc1ccccc1. The number of carbonyl (C=O) groups is 3. The summed E-state index contributed by atoms with van der Waals surface area (Å²) in [5, 5.41) is 8.89. The van der Waals surface area contributed by atoms with Gasteiger partial charge in [0.15, 0.2) is 0 Å². The minimum atomic E-state index is -0.274. The molecule has 0 saturated heterocycles. The third-order valence-corrected chi connectivity index (χ3v) is 7.05. The average molecular weight is 537 g/mol. The highest BCUT2D eigenvalue weighted by molar-refractivity contribution is 5.87. The zero-order valence-corrected chi connectivity index (χ0v) is 23.6. The molecular formula is C31H44N4O4. The quantitative estimate of drug-likeness (QED) is 0.270. The summed E-state index contributed by atoms with van der Waals surface area (Å²) < 4.78 is 6.37. The van der Waals surface area contributed by atoms with E-state index in [-0.39, 0.29) is 30.5 Å². The molecule has 0 aromatic heterocycles. The van der Waals surface area contributed by atoms with E-state index in [1.807, 2.05) is 25.1 Å². The highest BCUT2D eigenvalue weighted by Crippen LogP contribution is 2.34. The molecule has 8 nitrogen and oxygen atoms in total. The maximum Gasteiger partial charge on any atom is 0.240 e. The lowest BCUT2D eigenvalue weighted by atomic mass is 9.97. The Morgan fingerprint density at radius 3 is 2.51 bits per heavy atom. The highest BCUT2D eigenvalue weighted by Gasteiger charge is 2.38. The second-order valence-corrected chi connectivity index (χ2v) is 10.4. The van der Waals surface area contributed by atoms with Gasteiger partial charge >= 0.3 is 0 Å². The first kappa shape index (κ1) is 30.2. The van der Waals surface area contributed by atoms with Crippen molar-refractivity contribution >= 4 is 18.2 Å². The molecule has 0 bridgehead atoms. The minimum Gasteiger partial charge on any atom is -0.489 e. The van der Waals surface area contributed by atoms with Crippen molar-refractivity contribution in [2.45, 2.75) is 64.5 Å². The van der Waals surface area contributed by atoms with E-state index in [4.69, 9.17) is 4.74 Å². The van der Waals surface area contributed by atoms with Crippen molar-refractivity contribution in [3.8, 4) is 5.75 Å². The van der Waals surface area contributed by atoms with Crippen LogP contribution in [-0.2, 0) is 27.2 Å². The fourth-order valence-corrected chi connectivity index (χ4v) is 4.77. The molecule has 39 heavy (non-hydrogen) atoms. The van der Waals surface area contributed by atoms with E-state index in [1.165, 1.54) is 16.0 Å². The number of ether oxygens (including phenoxy) is 1. The number of hydrogen-bond acceptors (Lipinski definition) is 5. The van der Waals surface area contributed by atoms with Gasteiger partial charge in [0.2, 0.25) is 18.2 Å². The molecule has 0 spiro atoms. The molecular weight excluding hydrogens is 492 g/mol. The fourth-order valence-electron chi connectivity index (χ4n) is 4.77. The summed E-state index contributed by atoms with van der Waals surface area (Å²) >= 11 is 0. The molecule has 1 saturated carbocycles. The molecule has 4 rings (SSSR count). The van der Waals surface area contributed by atoms with Crippen LogP contribution in [0.2, 0.25) is 0 Å². The maximum atomic E-state index is 13.0. The first-order valence-corrected chi connectivity index (χ1v) is 14.1. The summed E-state index contributed by atoms with van der Waals surface area (Å²) in [7, 11) is 1.69. The molecule has 212 valence electrons. The summed E-state index contributed by atoms with van der Waals surface area (Å²) in [6.45, 7) is 5.83. The normalized spacial score (nSPS) is 16.4. The number of nitrogens with zero attached hydrogens (tertiary/aromatic N) is 1. The molecule has 2 aliphatic rings. The van der Waals surface area contributed by atoms with Crippen LogP contribution in [0, 0.1) is 12.8 Å². The van der Waals surface area contributed by atoms with Gasteiger partial charge in [-0.3, -0.25) is 14.4 Å². The standard InChI is InChI=1S/C24H36N4O4.C7H8/c1-3-26-21(30)15-28(2)24(31)22(17-9-10-17)27-14-20-12-11-19-7-4-6-18(23(19)32-20)8-5-13-25-16-29;1-7-5-3-2-4-6-7/h4,6-7,16-17,20,22,27H,3,5,8-15H2,1-2H3,(H,25,29)(H,26,30);2-6H,1H3. The number of nitrogens with one attached hydrogen (secondary N) is 3. The van der Waals surface area contributed by atoms with Crippen LogP contribution in [0.4, 0.5) is 0 Å². The van der Waals surface area contributed by atoms with Crippen molar-refractivity contribution in [3.63, 3.8) is 0 Å². The van der Waals surface area contributed by atoms with E-state index in [1.54, 1.807) is 7.05 Å². The summed E-state index contributed by atoms with van der Waals surface area (Å²) in [5.74, 6) is 1.12. The molecule has 1 aliphatic carbocycles. The van der Waals surface area contributed by atoms with Crippen LogP contribution >= 0.6 is 0 Å². The van der Waals surface area contributed by atoms with Crippen LogP contribution in [0.3, 0.4) is 0 Å². The van der Waals surface area contributed by atoms with Gasteiger partial charge in [-0.05, 0) is 69.4 Å². The number of fused-ring (bicyclic) bond motifs is 1. The van der Waals surface area contributed by atoms with Gasteiger partial charge in [0.1, 0.15) is 11.9 Å². The average Bonchev–Trinajstić information content (AvgIpc) is 3.77.